The summed E-state index contributed by atoms with van der Waals surface area (Å²) >= 11 is 10.2. The molecule has 0 spiro atoms. The van der Waals surface area contributed by atoms with Crippen molar-refractivity contribution in [3.63, 3.8) is 0 Å². The van der Waals surface area contributed by atoms with Crippen molar-refractivity contribution in [1.82, 2.24) is 4.72 Å². The number of sulfonamides is 1. The third kappa shape index (κ3) is 3.92. The Bertz CT molecular complexity index is 551. The molecule has 1 N–H and O–H groups in total. The Kier molecular flexibility index (Phi) is 4.65. The average molecular weight is 389 g/mol. The van der Waals surface area contributed by atoms with Gasteiger partial charge in [-0.15, -0.1) is 11.3 Å². The molecule has 2 rings (SSSR count). The van der Waals surface area contributed by atoms with Crippen molar-refractivity contribution < 1.29 is 13.2 Å². The summed E-state index contributed by atoms with van der Waals surface area (Å²) < 4.78 is 33.7. The summed E-state index contributed by atoms with van der Waals surface area (Å²) in [6, 6.07) is 1.36. The maximum atomic E-state index is 12.3. The molecule has 8 heteroatoms. The monoisotopic (exact) mass is 387 g/mol. The van der Waals surface area contributed by atoms with Crippen LogP contribution in [0.2, 0.25) is 5.02 Å². The van der Waals surface area contributed by atoms with Gasteiger partial charge in [-0.2, -0.15) is 0 Å². The summed E-state index contributed by atoms with van der Waals surface area (Å²) in [7, 11) is -3.51. The zero-order valence-corrected chi connectivity index (χ0v) is 14.5. The largest absolute Gasteiger partial charge is 0.375 e. The van der Waals surface area contributed by atoms with Gasteiger partial charge in [0.1, 0.15) is 4.21 Å². The summed E-state index contributed by atoms with van der Waals surface area (Å²) in [5, 5.41) is 0.415. The van der Waals surface area contributed by atoms with Crippen LogP contribution in [0.5, 0.6) is 0 Å². The van der Waals surface area contributed by atoms with E-state index in [0.717, 1.165) is 11.3 Å². The molecule has 0 aliphatic carbocycles. The minimum absolute atomic E-state index is 0.103. The molecule has 1 unspecified atom stereocenters. The van der Waals surface area contributed by atoms with E-state index in [1.54, 1.807) is 0 Å². The summed E-state index contributed by atoms with van der Waals surface area (Å²) in [6.45, 7) is 4.49. The van der Waals surface area contributed by atoms with Crippen LogP contribution >= 0.6 is 38.9 Å². The molecule has 19 heavy (non-hydrogen) atoms. The Morgan fingerprint density at radius 3 is 2.79 bits per heavy atom. The fraction of sp³-hybridized carbons (Fsp3) is 0.636. The first-order chi connectivity index (χ1) is 8.70. The minimum atomic E-state index is -3.51. The second kappa shape index (κ2) is 5.61. The van der Waals surface area contributed by atoms with Crippen molar-refractivity contribution in [1.29, 1.82) is 0 Å². The van der Waals surface area contributed by atoms with E-state index in [9.17, 15) is 8.42 Å². The Balaban J connectivity index is 2.13. The second-order valence-electron chi connectivity index (χ2n) is 5.11. The first kappa shape index (κ1) is 15.7. The van der Waals surface area contributed by atoms with Crippen LogP contribution in [0.3, 0.4) is 0 Å². The van der Waals surface area contributed by atoms with Crippen LogP contribution in [0.25, 0.3) is 0 Å². The average Bonchev–Trinajstić information content (AvgIpc) is 2.58. The molecule has 1 aliphatic rings. The Labute approximate surface area is 130 Å². The highest BCUT2D eigenvalue weighted by molar-refractivity contribution is 9.11. The van der Waals surface area contributed by atoms with Gasteiger partial charge in [0.05, 0.1) is 14.4 Å². The van der Waals surface area contributed by atoms with Crippen molar-refractivity contribution in [3.05, 3.63) is 14.9 Å². The lowest BCUT2D eigenvalue weighted by atomic mass is 9.95. The van der Waals surface area contributed by atoms with Gasteiger partial charge in [-0.1, -0.05) is 11.6 Å². The topological polar surface area (TPSA) is 55.4 Å². The van der Waals surface area contributed by atoms with Crippen LogP contribution in [0.4, 0.5) is 0 Å². The van der Waals surface area contributed by atoms with E-state index in [2.05, 4.69) is 20.7 Å². The van der Waals surface area contributed by atoms with Gasteiger partial charge in [-0.3, -0.25) is 0 Å². The van der Waals surface area contributed by atoms with Crippen molar-refractivity contribution in [2.24, 2.45) is 0 Å². The van der Waals surface area contributed by atoms with Gasteiger partial charge < -0.3 is 4.74 Å². The molecule has 0 aromatic carbocycles. The molecular formula is C11H15BrClNO3S2. The van der Waals surface area contributed by atoms with Gasteiger partial charge >= 0.3 is 0 Å². The van der Waals surface area contributed by atoms with Crippen LogP contribution in [0.15, 0.2) is 14.1 Å². The molecule has 0 amide bonds. The molecular weight excluding hydrogens is 374 g/mol. The predicted molar refractivity (Wildman–Crippen MR) is 80.4 cm³/mol. The van der Waals surface area contributed by atoms with Crippen LogP contribution in [0.1, 0.15) is 26.7 Å². The SMILES string of the molecule is CC1(C)CC(NS(=O)(=O)c2cc(Cl)c(Br)s2)CCO1. The predicted octanol–water partition coefficient (Wildman–Crippen LogP) is 3.40. The molecule has 0 radical (unpaired) electrons. The van der Waals surface area contributed by atoms with Gasteiger partial charge in [0.25, 0.3) is 0 Å². The lowest BCUT2D eigenvalue weighted by Gasteiger charge is -2.35. The summed E-state index contributed by atoms with van der Waals surface area (Å²) in [6.07, 6.45) is 1.34. The number of halogens is 2. The van der Waals surface area contributed by atoms with E-state index in [4.69, 9.17) is 16.3 Å². The molecule has 1 fully saturated rings. The van der Waals surface area contributed by atoms with E-state index in [0.29, 0.717) is 28.3 Å². The summed E-state index contributed by atoms with van der Waals surface area (Å²) in [5.74, 6) is 0. The fourth-order valence-corrected chi connectivity index (χ4v) is 5.75. The lowest BCUT2D eigenvalue weighted by Crippen LogP contribution is -2.45. The standard InChI is InChI=1S/C11H15BrClNO3S2/c1-11(2)6-7(3-4-17-11)14-19(15,16)9-5-8(13)10(12)18-9/h5,7,14H,3-4,6H2,1-2H3. The first-order valence-corrected chi connectivity index (χ1v) is 9.28. The highest BCUT2D eigenvalue weighted by atomic mass is 79.9. The van der Waals surface area contributed by atoms with Crippen LogP contribution < -0.4 is 4.72 Å². The van der Waals surface area contributed by atoms with Gasteiger partial charge in [0.15, 0.2) is 0 Å². The van der Waals surface area contributed by atoms with Crippen molar-refractivity contribution in [2.45, 2.75) is 42.5 Å². The second-order valence-corrected chi connectivity index (χ2v) is 9.82. The van der Waals surface area contributed by atoms with Crippen LogP contribution in [-0.2, 0) is 14.8 Å². The number of ether oxygens (including phenoxy) is 1. The van der Waals surface area contributed by atoms with Crippen molar-refractivity contribution in [2.75, 3.05) is 6.61 Å². The Morgan fingerprint density at radius 2 is 2.26 bits per heavy atom. The third-order valence-corrected chi connectivity index (χ3v) is 7.38. The molecule has 0 saturated carbocycles. The minimum Gasteiger partial charge on any atom is -0.375 e. The maximum absolute atomic E-state index is 12.3. The molecule has 108 valence electrons. The van der Waals surface area contributed by atoms with Crippen LogP contribution in [0, 0.1) is 0 Å². The van der Waals surface area contributed by atoms with Gasteiger partial charge in [0, 0.05) is 12.6 Å². The van der Waals surface area contributed by atoms with Crippen LogP contribution in [-0.4, -0.2) is 26.7 Å². The van der Waals surface area contributed by atoms with E-state index in [-0.39, 0.29) is 15.9 Å². The first-order valence-electron chi connectivity index (χ1n) is 5.81. The van der Waals surface area contributed by atoms with E-state index in [1.807, 2.05) is 13.8 Å². The van der Waals surface area contributed by atoms with Gasteiger partial charge in [-0.05, 0) is 48.7 Å². The van der Waals surface area contributed by atoms with E-state index < -0.39 is 10.0 Å². The normalized spacial score (nSPS) is 23.5. The molecule has 2 heterocycles. The summed E-state index contributed by atoms with van der Waals surface area (Å²) in [4.78, 5) is 0. The lowest BCUT2D eigenvalue weighted by molar-refractivity contribution is -0.0599. The number of hydrogen-bond donors (Lipinski definition) is 1. The van der Waals surface area contributed by atoms with Crippen molar-refractivity contribution >= 4 is 48.9 Å². The number of rotatable bonds is 3. The Morgan fingerprint density at radius 1 is 1.58 bits per heavy atom. The van der Waals surface area contributed by atoms with E-state index in [1.165, 1.54) is 6.07 Å². The Hall–Kier alpha value is 0.340. The highest BCUT2D eigenvalue weighted by Crippen LogP contribution is 2.35. The quantitative estimate of drug-likeness (QED) is 0.863. The third-order valence-electron chi connectivity index (χ3n) is 2.91. The zero-order chi connectivity index (χ0) is 14.3. The molecule has 4 nitrogen and oxygen atoms in total. The molecule has 1 atom stereocenters. The number of nitrogens with one attached hydrogen (secondary N) is 1. The molecule has 1 aromatic rings. The smallest absolute Gasteiger partial charge is 0.250 e. The molecule has 1 saturated heterocycles. The molecule has 0 bridgehead atoms. The van der Waals surface area contributed by atoms with Crippen molar-refractivity contribution in [3.8, 4) is 0 Å². The number of thiophene rings is 1. The highest BCUT2D eigenvalue weighted by Gasteiger charge is 2.32. The molecule has 1 aromatic heterocycles. The maximum Gasteiger partial charge on any atom is 0.250 e. The fourth-order valence-electron chi connectivity index (χ4n) is 2.07. The summed E-state index contributed by atoms with van der Waals surface area (Å²) in [5.41, 5.74) is -0.293. The zero-order valence-electron chi connectivity index (χ0n) is 10.6. The van der Waals surface area contributed by atoms with E-state index >= 15 is 0 Å². The molecule has 1 aliphatic heterocycles. The number of hydrogen-bond acceptors (Lipinski definition) is 4. The van der Waals surface area contributed by atoms with Gasteiger partial charge in [0.2, 0.25) is 10.0 Å². The van der Waals surface area contributed by atoms with Gasteiger partial charge in [-0.25, -0.2) is 13.1 Å².